The third-order valence-electron chi connectivity index (χ3n) is 3.65. The Morgan fingerprint density at radius 3 is 2.30 bits per heavy atom. The molecule has 0 aliphatic rings. The summed E-state index contributed by atoms with van der Waals surface area (Å²) in [5.74, 6) is 1.00. The van der Waals surface area contributed by atoms with Crippen molar-refractivity contribution in [3.63, 3.8) is 0 Å². The predicted molar refractivity (Wildman–Crippen MR) is 113 cm³/mol. The number of aliphatic imine (C=N–C) groups is 1. The van der Waals surface area contributed by atoms with Crippen molar-refractivity contribution in [2.75, 3.05) is 33.9 Å². The molecule has 0 aliphatic heterocycles. The molecule has 2 rings (SSSR count). The van der Waals surface area contributed by atoms with Crippen molar-refractivity contribution in [2.45, 2.75) is 6.42 Å². The topological polar surface area (TPSA) is 54.9 Å². The van der Waals surface area contributed by atoms with E-state index in [1.54, 1.807) is 14.2 Å². The number of guanidine groups is 1. The highest BCUT2D eigenvalue weighted by molar-refractivity contribution is 14.0. The lowest BCUT2D eigenvalue weighted by Gasteiger charge is -2.13. The van der Waals surface area contributed by atoms with Crippen LogP contribution in [0.3, 0.4) is 0 Å². The molecule has 2 aromatic rings. The number of ether oxygens (including phenoxy) is 2. The van der Waals surface area contributed by atoms with Crippen molar-refractivity contribution in [1.82, 2.24) is 10.6 Å². The average molecular weight is 491 g/mol. The minimum Gasteiger partial charge on any atom is -0.497 e. The molecule has 0 spiro atoms. The van der Waals surface area contributed by atoms with Crippen LogP contribution in [0.4, 0.5) is 8.78 Å². The molecule has 2 N–H and O–H groups in total. The van der Waals surface area contributed by atoms with E-state index in [1.165, 1.54) is 12.1 Å². The Kier molecular flexibility index (Phi) is 10.5. The van der Waals surface area contributed by atoms with Crippen LogP contribution >= 0.6 is 24.0 Å². The summed E-state index contributed by atoms with van der Waals surface area (Å²) < 4.78 is 37.2. The average Bonchev–Trinajstić information content (AvgIpc) is 2.65. The van der Waals surface area contributed by atoms with Crippen LogP contribution < -0.4 is 20.1 Å². The molecule has 0 atom stereocenters. The van der Waals surface area contributed by atoms with Gasteiger partial charge < -0.3 is 20.1 Å². The number of hydrogen-bond donors (Lipinski definition) is 2. The molecule has 0 unspecified atom stereocenters. The lowest BCUT2D eigenvalue weighted by Crippen LogP contribution is -2.40. The number of hydrogen-bond acceptors (Lipinski definition) is 3. The molecule has 0 fully saturated rings. The second-order valence-electron chi connectivity index (χ2n) is 5.44. The normalized spacial score (nSPS) is 10.7. The monoisotopic (exact) mass is 491 g/mol. The van der Waals surface area contributed by atoms with E-state index in [0.29, 0.717) is 37.6 Å². The summed E-state index contributed by atoms with van der Waals surface area (Å²) in [7, 11) is 3.26. The number of methoxy groups -OCH3 is 1. The van der Waals surface area contributed by atoms with Gasteiger partial charge in [-0.15, -0.1) is 24.0 Å². The van der Waals surface area contributed by atoms with E-state index in [1.807, 2.05) is 24.3 Å². The second kappa shape index (κ2) is 12.3. The minimum absolute atomic E-state index is 0. The largest absolute Gasteiger partial charge is 0.497 e. The van der Waals surface area contributed by atoms with Gasteiger partial charge >= 0.3 is 0 Å². The zero-order chi connectivity index (χ0) is 18.8. The maximum atomic E-state index is 13.6. The molecule has 0 bridgehead atoms. The molecule has 0 heterocycles. The third-order valence-corrected chi connectivity index (χ3v) is 3.65. The molecule has 5 nitrogen and oxygen atoms in total. The smallest absolute Gasteiger partial charge is 0.191 e. The number of benzene rings is 2. The first-order valence-electron chi connectivity index (χ1n) is 8.27. The summed E-state index contributed by atoms with van der Waals surface area (Å²) in [5.41, 5.74) is 0.456. The first kappa shape index (κ1) is 22.9. The van der Waals surface area contributed by atoms with Crippen LogP contribution in [0, 0.1) is 11.6 Å². The summed E-state index contributed by atoms with van der Waals surface area (Å²) in [6.07, 6.45) is 0.426. The van der Waals surface area contributed by atoms with E-state index in [0.717, 1.165) is 17.6 Å². The van der Waals surface area contributed by atoms with Gasteiger partial charge in [0.2, 0.25) is 0 Å². The van der Waals surface area contributed by atoms with Crippen molar-refractivity contribution < 1.29 is 18.3 Å². The van der Waals surface area contributed by atoms with Gasteiger partial charge in [-0.2, -0.15) is 0 Å². The summed E-state index contributed by atoms with van der Waals surface area (Å²) in [6.45, 7) is 1.48. The second-order valence-corrected chi connectivity index (χ2v) is 5.44. The van der Waals surface area contributed by atoms with E-state index in [4.69, 9.17) is 9.47 Å². The first-order chi connectivity index (χ1) is 12.6. The van der Waals surface area contributed by atoms with Crippen molar-refractivity contribution in [3.05, 3.63) is 59.7 Å². The fourth-order valence-corrected chi connectivity index (χ4v) is 2.27. The van der Waals surface area contributed by atoms with E-state index in [9.17, 15) is 8.78 Å². The molecule has 0 saturated heterocycles. The Labute approximate surface area is 175 Å². The number of rotatable bonds is 8. The van der Waals surface area contributed by atoms with E-state index in [-0.39, 0.29) is 24.0 Å². The van der Waals surface area contributed by atoms with Gasteiger partial charge in [-0.05, 0) is 42.3 Å². The number of halogens is 3. The predicted octanol–water partition coefficient (Wildman–Crippen LogP) is 3.38. The Balaban J connectivity index is 0.00000364. The molecule has 8 heteroatoms. The molecular formula is C19H24F2IN3O2. The Hall–Kier alpha value is -2.10. The molecule has 0 aliphatic carbocycles. The van der Waals surface area contributed by atoms with Crippen molar-refractivity contribution in [3.8, 4) is 11.5 Å². The summed E-state index contributed by atoms with van der Waals surface area (Å²) in [4.78, 5) is 4.09. The standard InChI is InChI=1S/C19H23F2N3O2.HI/c1-22-19(23-10-9-14-3-4-15(20)13-18(14)21)24-11-12-26-17-7-5-16(25-2)6-8-17;/h3-8,13H,9-12H2,1-2H3,(H2,22,23,24);1H. The van der Waals surface area contributed by atoms with Crippen LogP contribution in [-0.4, -0.2) is 39.8 Å². The Morgan fingerprint density at radius 1 is 1.00 bits per heavy atom. The molecule has 0 amide bonds. The maximum Gasteiger partial charge on any atom is 0.191 e. The number of nitrogens with zero attached hydrogens (tertiary/aromatic N) is 1. The van der Waals surface area contributed by atoms with Gasteiger partial charge in [0.1, 0.15) is 29.7 Å². The van der Waals surface area contributed by atoms with Crippen LogP contribution in [0.25, 0.3) is 0 Å². The lowest BCUT2D eigenvalue weighted by atomic mass is 10.1. The molecule has 0 radical (unpaired) electrons. The molecule has 148 valence electrons. The fraction of sp³-hybridized carbons (Fsp3) is 0.316. The lowest BCUT2D eigenvalue weighted by molar-refractivity contribution is 0.321. The zero-order valence-corrected chi connectivity index (χ0v) is 17.6. The van der Waals surface area contributed by atoms with Gasteiger partial charge in [0, 0.05) is 19.7 Å². The van der Waals surface area contributed by atoms with Crippen molar-refractivity contribution >= 4 is 29.9 Å². The molecular weight excluding hydrogens is 467 g/mol. The minimum atomic E-state index is -0.575. The van der Waals surface area contributed by atoms with Crippen molar-refractivity contribution in [1.29, 1.82) is 0 Å². The van der Waals surface area contributed by atoms with Gasteiger partial charge in [0.25, 0.3) is 0 Å². The molecule has 27 heavy (non-hydrogen) atoms. The quantitative estimate of drug-likeness (QED) is 0.258. The van der Waals surface area contributed by atoms with Gasteiger partial charge in [0.15, 0.2) is 5.96 Å². The summed E-state index contributed by atoms with van der Waals surface area (Å²) >= 11 is 0. The van der Waals surface area contributed by atoms with Crippen molar-refractivity contribution in [2.24, 2.45) is 4.99 Å². The molecule has 0 aromatic heterocycles. The third kappa shape index (κ3) is 7.98. The summed E-state index contributed by atoms with van der Waals surface area (Å²) in [5, 5.41) is 6.19. The SMILES string of the molecule is CN=C(NCCOc1ccc(OC)cc1)NCCc1ccc(F)cc1F.I. The van der Waals surface area contributed by atoms with E-state index in [2.05, 4.69) is 15.6 Å². The van der Waals surface area contributed by atoms with Gasteiger partial charge in [-0.3, -0.25) is 4.99 Å². The van der Waals surface area contributed by atoms with Crippen LogP contribution in [0.15, 0.2) is 47.5 Å². The van der Waals surface area contributed by atoms with Crippen LogP contribution in [0.1, 0.15) is 5.56 Å². The number of nitrogens with one attached hydrogen (secondary N) is 2. The van der Waals surface area contributed by atoms with Crippen LogP contribution in [-0.2, 0) is 6.42 Å². The van der Waals surface area contributed by atoms with Gasteiger partial charge in [0.05, 0.1) is 13.7 Å². The summed E-state index contributed by atoms with van der Waals surface area (Å²) in [6, 6.07) is 10.9. The Morgan fingerprint density at radius 2 is 1.67 bits per heavy atom. The van der Waals surface area contributed by atoms with Crippen LogP contribution in [0.5, 0.6) is 11.5 Å². The molecule has 0 saturated carbocycles. The van der Waals surface area contributed by atoms with Gasteiger partial charge in [-0.25, -0.2) is 8.78 Å². The van der Waals surface area contributed by atoms with E-state index >= 15 is 0 Å². The first-order valence-corrected chi connectivity index (χ1v) is 8.27. The van der Waals surface area contributed by atoms with Crippen LogP contribution in [0.2, 0.25) is 0 Å². The highest BCUT2D eigenvalue weighted by atomic mass is 127. The van der Waals surface area contributed by atoms with Gasteiger partial charge in [-0.1, -0.05) is 6.07 Å². The highest BCUT2D eigenvalue weighted by Gasteiger charge is 2.04. The van der Waals surface area contributed by atoms with E-state index < -0.39 is 11.6 Å². The fourth-order valence-electron chi connectivity index (χ4n) is 2.27. The maximum absolute atomic E-state index is 13.6. The Bertz CT molecular complexity index is 727. The zero-order valence-electron chi connectivity index (χ0n) is 15.3. The highest BCUT2D eigenvalue weighted by Crippen LogP contribution is 2.16. The molecule has 2 aromatic carbocycles.